The number of likely N-dealkylation sites (N-methyl/N-ethyl adjacent to an activating group) is 1. The van der Waals surface area contributed by atoms with Crippen LogP contribution in [0, 0.1) is 6.92 Å². The van der Waals surface area contributed by atoms with E-state index in [-0.39, 0.29) is 17.4 Å². The van der Waals surface area contributed by atoms with E-state index in [2.05, 4.69) is 15.3 Å². The first-order chi connectivity index (χ1) is 9.57. The molecule has 0 fully saturated rings. The molecule has 0 saturated carbocycles. The van der Waals surface area contributed by atoms with Crippen LogP contribution in [0.4, 0.5) is 5.82 Å². The van der Waals surface area contributed by atoms with E-state index in [1.165, 1.54) is 0 Å². The van der Waals surface area contributed by atoms with Crippen molar-refractivity contribution in [1.29, 1.82) is 0 Å². The van der Waals surface area contributed by atoms with Gasteiger partial charge in [-0.05, 0) is 20.8 Å². The highest BCUT2D eigenvalue weighted by Gasteiger charge is 2.23. The van der Waals surface area contributed by atoms with Gasteiger partial charge in [0, 0.05) is 24.6 Å². The molecule has 118 valence electrons. The molecule has 0 aliphatic rings. The minimum Gasteiger partial charge on any atom is -0.358 e. The molecule has 21 heavy (non-hydrogen) atoms. The summed E-state index contributed by atoms with van der Waals surface area (Å²) in [5, 5.41) is 3.57. The summed E-state index contributed by atoms with van der Waals surface area (Å²) in [5.74, 6) is 1.29. The fourth-order valence-corrected chi connectivity index (χ4v) is 1.89. The van der Waals surface area contributed by atoms with E-state index in [0.29, 0.717) is 23.3 Å². The molecule has 1 rings (SSSR count). The molecule has 0 aliphatic heterocycles. The zero-order chi connectivity index (χ0) is 16.4. The highest BCUT2D eigenvalue weighted by Crippen LogP contribution is 2.26. The fraction of sp³-hybridized carbons (Fsp3) is 0.667. The Bertz CT molecular complexity index is 525. The number of carbonyl (C=O) groups excluding carboxylic acids is 1. The van der Waals surface area contributed by atoms with Crippen molar-refractivity contribution in [2.75, 3.05) is 18.9 Å². The minimum atomic E-state index is -0.368. The Kier molecular flexibility index (Phi) is 5.56. The lowest BCUT2D eigenvalue weighted by atomic mass is 9.95. The van der Waals surface area contributed by atoms with Gasteiger partial charge in [-0.2, -0.15) is 0 Å². The Labute approximate surface area is 132 Å². The Hall–Kier alpha value is -1.36. The first-order valence-corrected chi connectivity index (χ1v) is 7.51. The number of aromatic nitrogens is 2. The lowest BCUT2D eigenvalue weighted by Crippen LogP contribution is -2.39. The van der Waals surface area contributed by atoms with Crippen LogP contribution in [0.1, 0.15) is 46.0 Å². The number of nitrogens with one attached hydrogen (secondary N) is 1. The van der Waals surface area contributed by atoms with Crippen molar-refractivity contribution in [3.8, 4) is 0 Å². The van der Waals surface area contributed by atoms with Crippen molar-refractivity contribution < 1.29 is 4.79 Å². The molecule has 1 aromatic heterocycles. The lowest BCUT2D eigenvalue weighted by Gasteiger charge is -2.23. The van der Waals surface area contributed by atoms with Crippen LogP contribution in [0.15, 0.2) is 0 Å². The van der Waals surface area contributed by atoms with Crippen LogP contribution in [0.3, 0.4) is 0 Å². The molecule has 1 amide bonds. The van der Waals surface area contributed by atoms with E-state index >= 15 is 0 Å². The summed E-state index contributed by atoms with van der Waals surface area (Å²) in [6, 6.07) is -0.368. The predicted octanol–water partition coefficient (Wildman–Crippen LogP) is 3.01. The Morgan fingerprint density at radius 1 is 1.38 bits per heavy atom. The minimum absolute atomic E-state index is 0.0175. The molecular formula is C15H25ClN4O. The van der Waals surface area contributed by atoms with Gasteiger partial charge >= 0.3 is 0 Å². The molecule has 1 aromatic rings. The van der Waals surface area contributed by atoms with Crippen molar-refractivity contribution in [1.82, 2.24) is 14.9 Å². The highest BCUT2D eigenvalue weighted by atomic mass is 35.5. The van der Waals surface area contributed by atoms with Crippen molar-refractivity contribution in [3.05, 3.63) is 16.5 Å². The zero-order valence-corrected chi connectivity index (χ0v) is 14.7. The maximum absolute atomic E-state index is 12.1. The van der Waals surface area contributed by atoms with E-state index in [1.807, 2.05) is 41.5 Å². The van der Waals surface area contributed by atoms with E-state index in [9.17, 15) is 4.79 Å². The largest absolute Gasteiger partial charge is 0.358 e. The fourth-order valence-electron chi connectivity index (χ4n) is 1.72. The standard InChI is InChI=1S/C15H25ClN4O/c1-8-20(7)13(21)10(3)17-12-9(2)11(16)18-14(19-12)15(4,5)6/h10H,8H2,1-7H3,(H,17,18,19). The van der Waals surface area contributed by atoms with Crippen LogP contribution in [0.2, 0.25) is 5.15 Å². The van der Waals surface area contributed by atoms with Gasteiger partial charge in [-0.1, -0.05) is 32.4 Å². The van der Waals surface area contributed by atoms with E-state index in [4.69, 9.17) is 11.6 Å². The monoisotopic (exact) mass is 312 g/mol. The molecule has 1 N–H and O–H groups in total. The van der Waals surface area contributed by atoms with Gasteiger partial charge in [0.05, 0.1) is 0 Å². The van der Waals surface area contributed by atoms with Crippen LogP contribution < -0.4 is 5.32 Å². The molecule has 6 heteroatoms. The Morgan fingerprint density at radius 3 is 2.43 bits per heavy atom. The average molecular weight is 313 g/mol. The molecule has 0 bridgehead atoms. The lowest BCUT2D eigenvalue weighted by molar-refractivity contribution is -0.130. The number of hydrogen-bond acceptors (Lipinski definition) is 4. The van der Waals surface area contributed by atoms with Crippen LogP contribution in [0.5, 0.6) is 0 Å². The summed E-state index contributed by atoms with van der Waals surface area (Å²) in [4.78, 5) is 22.7. The Balaban J connectivity index is 3.08. The first kappa shape index (κ1) is 17.7. The maximum atomic E-state index is 12.1. The maximum Gasteiger partial charge on any atom is 0.244 e. The second-order valence-corrected chi connectivity index (χ2v) is 6.64. The number of amides is 1. The number of carbonyl (C=O) groups is 1. The Morgan fingerprint density at radius 2 is 1.95 bits per heavy atom. The molecule has 0 aliphatic carbocycles. The van der Waals surface area contributed by atoms with Gasteiger partial charge in [0.2, 0.25) is 5.91 Å². The topological polar surface area (TPSA) is 58.1 Å². The summed E-state index contributed by atoms with van der Waals surface area (Å²) in [6.07, 6.45) is 0. The molecule has 0 saturated heterocycles. The highest BCUT2D eigenvalue weighted by molar-refractivity contribution is 6.30. The molecular weight excluding hydrogens is 288 g/mol. The second kappa shape index (κ2) is 6.60. The smallest absolute Gasteiger partial charge is 0.244 e. The molecule has 0 radical (unpaired) electrons. The molecule has 0 aromatic carbocycles. The predicted molar refractivity (Wildman–Crippen MR) is 86.9 cm³/mol. The second-order valence-electron chi connectivity index (χ2n) is 6.28. The average Bonchev–Trinajstić information content (AvgIpc) is 2.40. The van der Waals surface area contributed by atoms with Gasteiger partial charge in [0.15, 0.2) is 0 Å². The number of halogens is 1. The number of rotatable bonds is 4. The van der Waals surface area contributed by atoms with Crippen LogP contribution in [-0.2, 0) is 10.2 Å². The normalized spacial score (nSPS) is 13.0. The molecule has 0 spiro atoms. The molecule has 1 heterocycles. The summed E-state index contributed by atoms with van der Waals surface area (Å²) in [7, 11) is 1.78. The van der Waals surface area contributed by atoms with Gasteiger partial charge in [0.1, 0.15) is 22.8 Å². The van der Waals surface area contributed by atoms with Crippen LogP contribution in [0.25, 0.3) is 0 Å². The van der Waals surface area contributed by atoms with Crippen molar-refractivity contribution in [2.24, 2.45) is 0 Å². The molecule has 5 nitrogen and oxygen atoms in total. The van der Waals surface area contributed by atoms with Crippen LogP contribution >= 0.6 is 11.6 Å². The van der Waals surface area contributed by atoms with Crippen molar-refractivity contribution in [2.45, 2.75) is 53.0 Å². The van der Waals surface area contributed by atoms with Crippen LogP contribution in [-0.4, -0.2) is 40.4 Å². The van der Waals surface area contributed by atoms with E-state index < -0.39 is 0 Å². The van der Waals surface area contributed by atoms with E-state index in [0.717, 1.165) is 5.56 Å². The van der Waals surface area contributed by atoms with Gasteiger partial charge in [-0.15, -0.1) is 0 Å². The third kappa shape index (κ3) is 4.30. The quantitative estimate of drug-likeness (QED) is 0.868. The van der Waals surface area contributed by atoms with Gasteiger partial charge in [0.25, 0.3) is 0 Å². The number of hydrogen-bond donors (Lipinski definition) is 1. The van der Waals surface area contributed by atoms with Gasteiger partial charge < -0.3 is 10.2 Å². The number of nitrogens with zero attached hydrogens (tertiary/aromatic N) is 3. The SMILES string of the molecule is CCN(C)C(=O)C(C)Nc1nc(C(C)(C)C)nc(Cl)c1C. The summed E-state index contributed by atoms with van der Waals surface area (Å²) in [6.45, 7) is 12.3. The summed E-state index contributed by atoms with van der Waals surface area (Å²) in [5.41, 5.74) is 0.546. The first-order valence-electron chi connectivity index (χ1n) is 7.14. The third-order valence-electron chi connectivity index (χ3n) is 3.33. The van der Waals surface area contributed by atoms with Gasteiger partial charge in [-0.25, -0.2) is 9.97 Å². The van der Waals surface area contributed by atoms with Crippen molar-refractivity contribution in [3.63, 3.8) is 0 Å². The molecule has 1 unspecified atom stereocenters. The van der Waals surface area contributed by atoms with E-state index in [1.54, 1.807) is 11.9 Å². The van der Waals surface area contributed by atoms with Crippen molar-refractivity contribution >= 4 is 23.3 Å². The molecule has 1 atom stereocenters. The zero-order valence-electron chi connectivity index (χ0n) is 13.9. The number of anilines is 1. The summed E-state index contributed by atoms with van der Waals surface area (Å²) >= 11 is 6.19. The third-order valence-corrected chi connectivity index (χ3v) is 3.70. The summed E-state index contributed by atoms with van der Waals surface area (Å²) < 4.78 is 0. The van der Waals surface area contributed by atoms with Gasteiger partial charge in [-0.3, -0.25) is 4.79 Å².